The minimum atomic E-state index is -0.0506. The number of H-pyrrole nitrogens is 1. The molecule has 138 valence electrons. The van der Waals surface area contributed by atoms with Gasteiger partial charge in [-0.15, -0.1) is 0 Å². The zero-order valence-electron chi connectivity index (χ0n) is 15.1. The van der Waals surface area contributed by atoms with E-state index >= 15 is 0 Å². The van der Waals surface area contributed by atoms with Gasteiger partial charge in [0.1, 0.15) is 5.82 Å². The monoisotopic (exact) mass is 355 g/mol. The highest BCUT2D eigenvalue weighted by molar-refractivity contribution is 5.98. The van der Waals surface area contributed by atoms with Crippen molar-refractivity contribution in [2.75, 3.05) is 31.1 Å². The predicted molar refractivity (Wildman–Crippen MR) is 98.7 cm³/mol. The summed E-state index contributed by atoms with van der Waals surface area (Å²) in [5.74, 6) is 1.27. The van der Waals surface area contributed by atoms with Crippen LogP contribution >= 0.6 is 0 Å². The number of piperidine rings is 1. The Balaban J connectivity index is 1.47. The van der Waals surface area contributed by atoms with Crippen molar-refractivity contribution in [3.63, 3.8) is 0 Å². The molecular weight excluding hydrogens is 330 g/mol. The molecule has 0 saturated carbocycles. The third-order valence-corrected chi connectivity index (χ3v) is 5.68. The number of hydrogen-bond acceptors (Lipinski definition) is 5. The lowest BCUT2D eigenvalue weighted by Crippen LogP contribution is -2.46. The van der Waals surface area contributed by atoms with Gasteiger partial charge >= 0.3 is 0 Å². The van der Waals surface area contributed by atoms with Crippen LogP contribution < -0.4 is 4.90 Å². The molecule has 2 aromatic rings. The average Bonchev–Trinajstić information content (AvgIpc) is 3.32. The summed E-state index contributed by atoms with van der Waals surface area (Å²) in [6, 6.07) is 3.88. The van der Waals surface area contributed by atoms with Crippen molar-refractivity contribution in [2.45, 2.75) is 32.2 Å². The Kier molecular flexibility index (Phi) is 4.74. The fourth-order valence-electron chi connectivity index (χ4n) is 4.08. The number of nitrogens with one attached hydrogen (secondary N) is 1. The SMILES string of the molecule is Cc1nc(N2CCC(N3CCC(CO)CC3)C2=O)ccc1-c1cn[nH]c1. The maximum absolute atomic E-state index is 13.0. The molecule has 2 aliphatic rings. The molecule has 1 atom stereocenters. The van der Waals surface area contributed by atoms with Gasteiger partial charge in [0, 0.05) is 36.2 Å². The van der Waals surface area contributed by atoms with E-state index in [4.69, 9.17) is 0 Å². The zero-order valence-corrected chi connectivity index (χ0v) is 15.1. The van der Waals surface area contributed by atoms with Gasteiger partial charge in [-0.3, -0.25) is 19.7 Å². The summed E-state index contributed by atoms with van der Waals surface area (Å²) < 4.78 is 0. The van der Waals surface area contributed by atoms with E-state index in [0.717, 1.165) is 55.0 Å². The molecule has 2 N–H and O–H groups in total. The Labute approximate surface area is 153 Å². The van der Waals surface area contributed by atoms with Gasteiger partial charge in [-0.2, -0.15) is 5.10 Å². The number of aryl methyl sites for hydroxylation is 1. The van der Waals surface area contributed by atoms with E-state index in [1.54, 1.807) is 6.20 Å². The van der Waals surface area contributed by atoms with Gasteiger partial charge in [0.15, 0.2) is 0 Å². The van der Waals surface area contributed by atoms with Gasteiger partial charge < -0.3 is 5.11 Å². The van der Waals surface area contributed by atoms with E-state index in [-0.39, 0.29) is 18.6 Å². The number of anilines is 1. The average molecular weight is 355 g/mol. The molecule has 7 nitrogen and oxygen atoms in total. The molecule has 4 heterocycles. The normalized spacial score (nSPS) is 22.3. The summed E-state index contributed by atoms with van der Waals surface area (Å²) in [4.78, 5) is 21.7. The number of nitrogens with zero attached hydrogens (tertiary/aromatic N) is 4. The van der Waals surface area contributed by atoms with Crippen molar-refractivity contribution in [1.82, 2.24) is 20.1 Å². The molecular formula is C19H25N5O2. The number of aromatic nitrogens is 3. The summed E-state index contributed by atoms with van der Waals surface area (Å²) in [6.45, 7) is 4.71. The number of pyridine rings is 1. The van der Waals surface area contributed by atoms with Crippen molar-refractivity contribution >= 4 is 11.7 Å². The summed E-state index contributed by atoms with van der Waals surface area (Å²) in [6.07, 6.45) is 6.40. The topological polar surface area (TPSA) is 85.3 Å². The van der Waals surface area contributed by atoms with Crippen LogP contribution in [0.2, 0.25) is 0 Å². The standard InChI is InChI=1S/C19H25N5O2/c1-13-16(15-10-20-21-11-15)2-3-18(22-13)24-9-6-17(19(24)26)23-7-4-14(12-25)5-8-23/h2-3,10-11,14,17,25H,4-9,12H2,1H3,(H,20,21). The third kappa shape index (κ3) is 3.12. The van der Waals surface area contributed by atoms with Gasteiger partial charge in [-0.05, 0) is 57.3 Å². The second-order valence-electron chi connectivity index (χ2n) is 7.25. The Morgan fingerprint density at radius 1 is 1.23 bits per heavy atom. The van der Waals surface area contributed by atoms with Gasteiger partial charge in [0.05, 0.1) is 12.2 Å². The molecule has 26 heavy (non-hydrogen) atoms. The molecule has 1 amide bonds. The smallest absolute Gasteiger partial charge is 0.245 e. The lowest BCUT2D eigenvalue weighted by atomic mass is 9.96. The van der Waals surface area contributed by atoms with E-state index in [0.29, 0.717) is 12.5 Å². The molecule has 4 rings (SSSR count). The first-order valence-electron chi connectivity index (χ1n) is 9.30. The molecule has 0 bridgehead atoms. The fourth-order valence-corrected chi connectivity index (χ4v) is 4.08. The highest BCUT2D eigenvalue weighted by Gasteiger charge is 2.38. The molecule has 0 spiro atoms. The van der Waals surface area contributed by atoms with Crippen molar-refractivity contribution in [3.05, 3.63) is 30.2 Å². The second-order valence-corrected chi connectivity index (χ2v) is 7.25. The van der Waals surface area contributed by atoms with E-state index in [9.17, 15) is 9.90 Å². The van der Waals surface area contributed by atoms with E-state index in [2.05, 4.69) is 20.1 Å². The highest BCUT2D eigenvalue weighted by atomic mass is 16.3. The molecule has 0 radical (unpaired) electrons. The molecule has 7 heteroatoms. The van der Waals surface area contributed by atoms with Crippen LogP contribution in [0, 0.1) is 12.8 Å². The number of aromatic amines is 1. The molecule has 2 aromatic heterocycles. The number of aliphatic hydroxyl groups is 1. The number of rotatable bonds is 4. The Hall–Kier alpha value is -2.25. The van der Waals surface area contributed by atoms with Crippen LogP contribution in [-0.2, 0) is 4.79 Å². The molecule has 2 fully saturated rings. The molecule has 2 aliphatic heterocycles. The van der Waals surface area contributed by atoms with E-state index < -0.39 is 0 Å². The van der Waals surface area contributed by atoms with Crippen LogP contribution in [0.1, 0.15) is 25.0 Å². The van der Waals surface area contributed by atoms with Crippen molar-refractivity contribution < 1.29 is 9.90 Å². The second kappa shape index (κ2) is 7.17. The van der Waals surface area contributed by atoms with Gasteiger partial charge in [0.25, 0.3) is 0 Å². The summed E-state index contributed by atoms with van der Waals surface area (Å²) in [5.41, 5.74) is 2.92. The fraction of sp³-hybridized carbons (Fsp3) is 0.526. The van der Waals surface area contributed by atoms with E-state index in [1.165, 1.54) is 0 Å². The highest BCUT2D eigenvalue weighted by Crippen LogP contribution is 2.29. The maximum Gasteiger partial charge on any atom is 0.245 e. The molecule has 0 aliphatic carbocycles. The first-order valence-corrected chi connectivity index (χ1v) is 9.30. The van der Waals surface area contributed by atoms with Crippen molar-refractivity contribution in [2.24, 2.45) is 5.92 Å². The van der Waals surface area contributed by atoms with Crippen LogP contribution in [0.4, 0.5) is 5.82 Å². The Morgan fingerprint density at radius 3 is 2.69 bits per heavy atom. The van der Waals surface area contributed by atoms with Crippen LogP contribution in [0.25, 0.3) is 11.1 Å². The van der Waals surface area contributed by atoms with Crippen LogP contribution in [-0.4, -0.2) is 63.4 Å². The van der Waals surface area contributed by atoms with Crippen molar-refractivity contribution in [3.8, 4) is 11.1 Å². The third-order valence-electron chi connectivity index (χ3n) is 5.68. The number of likely N-dealkylation sites (tertiary alicyclic amines) is 1. The predicted octanol–water partition coefficient (Wildman–Crippen LogP) is 1.59. The van der Waals surface area contributed by atoms with Crippen molar-refractivity contribution in [1.29, 1.82) is 0 Å². The summed E-state index contributed by atoms with van der Waals surface area (Å²) >= 11 is 0. The number of aliphatic hydroxyl groups excluding tert-OH is 1. The summed E-state index contributed by atoms with van der Waals surface area (Å²) in [5, 5.41) is 16.1. The van der Waals surface area contributed by atoms with Crippen LogP contribution in [0.15, 0.2) is 24.5 Å². The van der Waals surface area contributed by atoms with E-state index in [1.807, 2.05) is 30.2 Å². The summed E-state index contributed by atoms with van der Waals surface area (Å²) in [7, 11) is 0. The molecule has 1 unspecified atom stereocenters. The largest absolute Gasteiger partial charge is 0.396 e. The van der Waals surface area contributed by atoms with Gasteiger partial charge in [0.2, 0.25) is 5.91 Å². The number of carbonyl (C=O) groups is 1. The Morgan fingerprint density at radius 2 is 2.04 bits per heavy atom. The van der Waals surface area contributed by atoms with Crippen LogP contribution in [0.5, 0.6) is 0 Å². The minimum absolute atomic E-state index is 0.0506. The quantitative estimate of drug-likeness (QED) is 0.870. The maximum atomic E-state index is 13.0. The van der Waals surface area contributed by atoms with Gasteiger partial charge in [-0.1, -0.05) is 0 Å². The lowest BCUT2D eigenvalue weighted by Gasteiger charge is -2.34. The lowest BCUT2D eigenvalue weighted by molar-refractivity contribution is -0.122. The first kappa shape index (κ1) is 17.2. The first-order chi connectivity index (χ1) is 12.7. The van der Waals surface area contributed by atoms with Gasteiger partial charge in [-0.25, -0.2) is 4.98 Å². The minimum Gasteiger partial charge on any atom is -0.396 e. The Bertz CT molecular complexity index is 768. The number of hydrogen-bond donors (Lipinski definition) is 2. The number of amides is 1. The molecule has 0 aromatic carbocycles. The molecule has 2 saturated heterocycles. The van der Waals surface area contributed by atoms with Crippen LogP contribution in [0.3, 0.4) is 0 Å². The zero-order chi connectivity index (χ0) is 18.1. The number of carbonyl (C=O) groups excluding carboxylic acids is 1.